The summed E-state index contributed by atoms with van der Waals surface area (Å²) in [5.74, 6) is 1.62. The van der Waals surface area contributed by atoms with Crippen molar-refractivity contribution in [1.29, 1.82) is 0 Å². The standard InChI is InChI=1S/C13H28N2/c1-4-11(5-2)9-15-8-7-13(14)12(6-3)10-15/h11-13H,4-10,14H2,1-3H3. The molecule has 0 aliphatic carbocycles. The molecule has 2 nitrogen and oxygen atoms in total. The number of rotatable bonds is 5. The fraction of sp³-hybridized carbons (Fsp3) is 1.00. The van der Waals surface area contributed by atoms with Crippen molar-refractivity contribution in [2.75, 3.05) is 19.6 Å². The zero-order chi connectivity index (χ0) is 11.3. The summed E-state index contributed by atoms with van der Waals surface area (Å²) in [7, 11) is 0. The summed E-state index contributed by atoms with van der Waals surface area (Å²) < 4.78 is 0. The van der Waals surface area contributed by atoms with E-state index < -0.39 is 0 Å². The molecule has 90 valence electrons. The summed E-state index contributed by atoms with van der Waals surface area (Å²) in [4.78, 5) is 2.63. The molecule has 0 aromatic heterocycles. The number of nitrogens with two attached hydrogens (primary N) is 1. The lowest BCUT2D eigenvalue weighted by molar-refractivity contribution is 0.130. The lowest BCUT2D eigenvalue weighted by Gasteiger charge is -2.38. The fourth-order valence-corrected chi connectivity index (χ4v) is 2.64. The Hall–Kier alpha value is -0.0800. The second-order valence-corrected chi connectivity index (χ2v) is 5.06. The van der Waals surface area contributed by atoms with E-state index in [1.54, 1.807) is 0 Å². The number of likely N-dealkylation sites (tertiary alicyclic amines) is 1. The molecule has 0 radical (unpaired) electrons. The Morgan fingerprint density at radius 1 is 1.27 bits per heavy atom. The van der Waals surface area contributed by atoms with Gasteiger partial charge in [0.2, 0.25) is 0 Å². The summed E-state index contributed by atoms with van der Waals surface area (Å²) in [6.07, 6.45) is 5.06. The number of nitrogens with zero attached hydrogens (tertiary/aromatic N) is 1. The summed E-state index contributed by atoms with van der Waals surface area (Å²) in [5, 5.41) is 0. The molecule has 1 rings (SSSR count). The van der Waals surface area contributed by atoms with Crippen LogP contribution in [0.1, 0.15) is 46.5 Å². The van der Waals surface area contributed by atoms with Crippen LogP contribution >= 0.6 is 0 Å². The van der Waals surface area contributed by atoms with Crippen molar-refractivity contribution >= 4 is 0 Å². The summed E-state index contributed by atoms with van der Waals surface area (Å²) in [6.45, 7) is 10.6. The molecule has 1 heterocycles. The summed E-state index contributed by atoms with van der Waals surface area (Å²) in [6, 6.07) is 0.452. The van der Waals surface area contributed by atoms with Crippen LogP contribution < -0.4 is 5.73 Å². The van der Waals surface area contributed by atoms with Crippen LogP contribution in [-0.4, -0.2) is 30.6 Å². The van der Waals surface area contributed by atoms with Gasteiger partial charge in [-0.2, -0.15) is 0 Å². The van der Waals surface area contributed by atoms with E-state index in [9.17, 15) is 0 Å². The molecule has 0 amide bonds. The Morgan fingerprint density at radius 3 is 2.47 bits per heavy atom. The molecule has 15 heavy (non-hydrogen) atoms. The third-order valence-electron chi connectivity index (χ3n) is 4.07. The SMILES string of the molecule is CCC(CC)CN1CCC(N)C(CC)C1. The minimum Gasteiger partial charge on any atom is -0.327 e. The van der Waals surface area contributed by atoms with Gasteiger partial charge in [-0.25, -0.2) is 0 Å². The summed E-state index contributed by atoms with van der Waals surface area (Å²) >= 11 is 0. The largest absolute Gasteiger partial charge is 0.327 e. The van der Waals surface area contributed by atoms with Gasteiger partial charge in [-0.1, -0.05) is 40.0 Å². The van der Waals surface area contributed by atoms with Crippen molar-refractivity contribution < 1.29 is 0 Å². The van der Waals surface area contributed by atoms with E-state index in [-0.39, 0.29) is 0 Å². The van der Waals surface area contributed by atoms with Crippen molar-refractivity contribution in [3.63, 3.8) is 0 Å². The number of hydrogen-bond acceptors (Lipinski definition) is 2. The number of piperidine rings is 1. The highest BCUT2D eigenvalue weighted by Gasteiger charge is 2.25. The third kappa shape index (κ3) is 3.76. The van der Waals surface area contributed by atoms with Gasteiger partial charge in [0.15, 0.2) is 0 Å². The second-order valence-electron chi connectivity index (χ2n) is 5.06. The normalized spacial score (nSPS) is 28.6. The Balaban J connectivity index is 2.37. The minimum absolute atomic E-state index is 0.452. The zero-order valence-corrected chi connectivity index (χ0v) is 10.7. The monoisotopic (exact) mass is 212 g/mol. The van der Waals surface area contributed by atoms with Gasteiger partial charge < -0.3 is 10.6 Å². The van der Waals surface area contributed by atoms with Gasteiger partial charge in [-0.3, -0.25) is 0 Å². The number of hydrogen-bond donors (Lipinski definition) is 1. The van der Waals surface area contributed by atoms with Gasteiger partial charge in [0, 0.05) is 19.1 Å². The predicted octanol–water partition coefficient (Wildman–Crippen LogP) is 2.48. The quantitative estimate of drug-likeness (QED) is 0.758. The summed E-state index contributed by atoms with van der Waals surface area (Å²) in [5.41, 5.74) is 6.12. The van der Waals surface area contributed by atoms with Crippen molar-refractivity contribution in [2.45, 2.75) is 52.5 Å². The lowest BCUT2D eigenvalue weighted by atomic mass is 9.89. The van der Waals surface area contributed by atoms with Crippen LogP contribution in [0.15, 0.2) is 0 Å². The van der Waals surface area contributed by atoms with Crippen molar-refractivity contribution in [1.82, 2.24) is 4.90 Å². The maximum atomic E-state index is 6.12. The van der Waals surface area contributed by atoms with E-state index in [1.807, 2.05) is 0 Å². The molecule has 0 bridgehead atoms. The smallest absolute Gasteiger partial charge is 0.00914 e. The topological polar surface area (TPSA) is 29.3 Å². The molecule has 1 aliphatic rings. The van der Waals surface area contributed by atoms with Crippen LogP contribution in [0.3, 0.4) is 0 Å². The lowest BCUT2D eigenvalue weighted by Crippen LogP contribution is -2.48. The Labute approximate surface area is 95.2 Å². The average molecular weight is 212 g/mol. The molecule has 1 saturated heterocycles. The van der Waals surface area contributed by atoms with Gasteiger partial charge >= 0.3 is 0 Å². The molecule has 2 unspecified atom stereocenters. The molecule has 0 aromatic carbocycles. The molecule has 1 aliphatic heterocycles. The maximum absolute atomic E-state index is 6.12. The maximum Gasteiger partial charge on any atom is 0.00914 e. The first-order valence-corrected chi connectivity index (χ1v) is 6.69. The molecule has 2 atom stereocenters. The molecule has 0 spiro atoms. The first-order chi connectivity index (χ1) is 7.21. The van der Waals surface area contributed by atoms with Crippen molar-refractivity contribution in [3.8, 4) is 0 Å². The van der Waals surface area contributed by atoms with E-state index in [0.29, 0.717) is 6.04 Å². The molecule has 2 heteroatoms. The molecular weight excluding hydrogens is 184 g/mol. The average Bonchev–Trinajstić information content (AvgIpc) is 2.28. The highest BCUT2D eigenvalue weighted by molar-refractivity contribution is 4.82. The molecule has 1 fully saturated rings. The second kappa shape index (κ2) is 6.49. The van der Waals surface area contributed by atoms with E-state index in [0.717, 1.165) is 11.8 Å². The Morgan fingerprint density at radius 2 is 1.93 bits per heavy atom. The van der Waals surface area contributed by atoms with Crippen LogP contribution in [0.25, 0.3) is 0 Å². The molecule has 2 N–H and O–H groups in total. The van der Waals surface area contributed by atoms with Crippen LogP contribution in [0, 0.1) is 11.8 Å². The van der Waals surface area contributed by atoms with Crippen LogP contribution in [-0.2, 0) is 0 Å². The van der Waals surface area contributed by atoms with Gasteiger partial charge in [-0.15, -0.1) is 0 Å². The van der Waals surface area contributed by atoms with Gasteiger partial charge in [0.05, 0.1) is 0 Å². The van der Waals surface area contributed by atoms with Crippen LogP contribution in [0.4, 0.5) is 0 Å². The van der Waals surface area contributed by atoms with E-state index >= 15 is 0 Å². The first kappa shape index (κ1) is 13.0. The van der Waals surface area contributed by atoms with Gasteiger partial charge in [0.25, 0.3) is 0 Å². The minimum atomic E-state index is 0.452. The van der Waals surface area contributed by atoms with E-state index in [2.05, 4.69) is 25.7 Å². The van der Waals surface area contributed by atoms with E-state index in [1.165, 1.54) is 45.3 Å². The highest BCUT2D eigenvalue weighted by Crippen LogP contribution is 2.20. The molecule has 0 saturated carbocycles. The predicted molar refractivity (Wildman–Crippen MR) is 66.9 cm³/mol. The fourth-order valence-electron chi connectivity index (χ4n) is 2.64. The first-order valence-electron chi connectivity index (χ1n) is 6.69. The Kier molecular flexibility index (Phi) is 5.62. The molecular formula is C13H28N2. The van der Waals surface area contributed by atoms with Crippen molar-refractivity contribution in [2.24, 2.45) is 17.6 Å². The third-order valence-corrected chi connectivity index (χ3v) is 4.07. The van der Waals surface area contributed by atoms with Crippen molar-refractivity contribution in [3.05, 3.63) is 0 Å². The molecule has 0 aromatic rings. The van der Waals surface area contributed by atoms with Crippen LogP contribution in [0.5, 0.6) is 0 Å². The van der Waals surface area contributed by atoms with E-state index in [4.69, 9.17) is 5.73 Å². The zero-order valence-electron chi connectivity index (χ0n) is 10.7. The van der Waals surface area contributed by atoms with Crippen LogP contribution in [0.2, 0.25) is 0 Å². The van der Waals surface area contributed by atoms with Gasteiger partial charge in [-0.05, 0) is 24.8 Å². The van der Waals surface area contributed by atoms with Gasteiger partial charge in [0.1, 0.15) is 0 Å². The highest BCUT2D eigenvalue weighted by atomic mass is 15.1. The Bertz CT molecular complexity index is 164.